The number of carbonyl (C=O) groups excluding carboxylic acids is 3. The van der Waals surface area contributed by atoms with Gasteiger partial charge in [-0.1, -0.05) is 30.3 Å². The molecule has 2 aromatic rings. The molecule has 0 spiro atoms. The first-order valence-corrected chi connectivity index (χ1v) is 8.86. The van der Waals surface area contributed by atoms with Crippen LogP contribution in [0.2, 0.25) is 0 Å². The van der Waals surface area contributed by atoms with Gasteiger partial charge in [0.25, 0.3) is 5.91 Å². The van der Waals surface area contributed by atoms with E-state index in [-0.39, 0.29) is 30.7 Å². The van der Waals surface area contributed by atoms with E-state index < -0.39 is 6.04 Å². The Kier molecular flexibility index (Phi) is 5.37. The zero-order valence-corrected chi connectivity index (χ0v) is 15.7. The summed E-state index contributed by atoms with van der Waals surface area (Å²) in [7, 11) is 1.69. The minimum absolute atomic E-state index is 0.0275. The Morgan fingerprint density at radius 1 is 1.11 bits per heavy atom. The Bertz CT molecular complexity index is 879. The number of hydrogen-bond donors (Lipinski definition) is 1. The van der Waals surface area contributed by atoms with Gasteiger partial charge in [0.05, 0.1) is 24.7 Å². The lowest BCUT2D eigenvalue weighted by Gasteiger charge is -2.22. The van der Waals surface area contributed by atoms with E-state index in [0.29, 0.717) is 5.69 Å². The molecule has 1 saturated heterocycles. The summed E-state index contributed by atoms with van der Waals surface area (Å²) < 4.78 is 0. The molecule has 1 fully saturated rings. The van der Waals surface area contributed by atoms with Gasteiger partial charge in [0, 0.05) is 5.69 Å². The van der Waals surface area contributed by atoms with E-state index in [1.54, 1.807) is 36.2 Å². The van der Waals surface area contributed by atoms with Gasteiger partial charge in [-0.05, 0) is 50.2 Å². The number of nitrogens with one attached hydrogen (secondary N) is 1. The molecule has 0 aromatic heterocycles. The van der Waals surface area contributed by atoms with Crippen molar-refractivity contribution in [3.8, 4) is 0 Å². The summed E-state index contributed by atoms with van der Waals surface area (Å²) in [6.07, 6.45) is 0.0704. The van der Waals surface area contributed by atoms with Crippen LogP contribution < -0.4 is 10.2 Å². The topological polar surface area (TPSA) is 69.7 Å². The van der Waals surface area contributed by atoms with Crippen molar-refractivity contribution in [2.45, 2.75) is 26.3 Å². The van der Waals surface area contributed by atoms with Gasteiger partial charge in [-0.25, -0.2) is 4.90 Å². The monoisotopic (exact) mass is 365 g/mol. The quantitative estimate of drug-likeness (QED) is 0.827. The summed E-state index contributed by atoms with van der Waals surface area (Å²) in [5.74, 6) is -0.768. The predicted octanol–water partition coefficient (Wildman–Crippen LogP) is 2.51. The lowest BCUT2D eigenvalue weighted by Crippen LogP contribution is -2.43. The molecule has 6 nitrogen and oxygen atoms in total. The highest BCUT2D eigenvalue weighted by atomic mass is 16.2. The first kappa shape index (κ1) is 18.8. The van der Waals surface area contributed by atoms with Gasteiger partial charge in [0.15, 0.2) is 0 Å². The Morgan fingerprint density at radius 3 is 2.52 bits per heavy atom. The van der Waals surface area contributed by atoms with Crippen molar-refractivity contribution in [3.05, 3.63) is 59.7 Å². The van der Waals surface area contributed by atoms with Crippen LogP contribution in [-0.2, 0) is 14.4 Å². The van der Waals surface area contributed by atoms with Crippen molar-refractivity contribution in [3.63, 3.8) is 0 Å². The minimum atomic E-state index is -0.637. The summed E-state index contributed by atoms with van der Waals surface area (Å²) in [4.78, 5) is 40.3. The van der Waals surface area contributed by atoms with Crippen LogP contribution in [0.15, 0.2) is 48.5 Å². The normalized spacial score (nSPS) is 16.9. The molecule has 27 heavy (non-hydrogen) atoms. The zero-order chi connectivity index (χ0) is 19.6. The highest BCUT2D eigenvalue weighted by molar-refractivity contribution is 6.22. The number of imide groups is 1. The van der Waals surface area contributed by atoms with Crippen LogP contribution in [0.4, 0.5) is 11.4 Å². The molecule has 1 heterocycles. The molecule has 3 amide bonds. The van der Waals surface area contributed by atoms with Crippen LogP contribution in [0.3, 0.4) is 0 Å². The molecule has 1 atom stereocenters. The fraction of sp³-hybridized carbons (Fsp3) is 0.286. The average Bonchev–Trinajstić information content (AvgIpc) is 2.94. The number of benzene rings is 2. The van der Waals surface area contributed by atoms with Crippen LogP contribution in [0.25, 0.3) is 0 Å². The molecular weight excluding hydrogens is 342 g/mol. The van der Waals surface area contributed by atoms with Gasteiger partial charge in [-0.3, -0.25) is 19.3 Å². The van der Waals surface area contributed by atoms with Gasteiger partial charge in [-0.15, -0.1) is 0 Å². The number of likely N-dealkylation sites (N-methyl/N-ethyl adjacent to an activating group) is 1. The van der Waals surface area contributed by atoms with Crippen molar-refractivity contribution in [1.29, 1.82) is 0 Å². The Balaban J connectivity index is 1.67. The second kappa shape index (κ2) is 7.72. The summed E-state index contributed by atoms with van der Waals surface area (Å²) in [6, 6.07) is 13.9. The van der Waals surface area contributed by atoms with Crippen molar-refractivity contribution >= 4 is 29.1 Å². The van der Waals surface area contributed by atoms with Crippen LogP contribution in [0.5, 0.6) is 0 Å². The highest BCUT2D eigenvalue weighted by Crippen LogP contribution is 2.25. The number of nitrogens with zero attached hydrogens (tertiary/aromatic N) is 2. The average molecular weight is 365 g/mol. The third-order valence-electron chi connectivity index (χ3n) is 4.94. The fourth-order valence-corrected chi connectivity index (χ4v) is 3.22. The molecule has 6 heteroatoms. The highest BCUT2D eigenvalue weighted by Gasteiger charge is 2.41. The maximum atomic E-state index is 12.7. The molecule has 1 N–H and O–H groups in total. The maximum absolute atomic E-state index is 12.7. The molecule has 0 radical (unpaired) electrons. The molecule has 1 aliphatic heterocycles. The van der Waals surface area contributed by atoms with Crippen molar-refractivity contribution in [2.75, 3.05) is 23.8 Å². The van der Waals surface area contributed by atoms with E-state index in [4.69, 9.17) is 0 Å². The van der Waals surface area contributed by atoms with E-state index in [9.17, 15) is 14.4 Å². The number of anilines is 2. The van der Waals surface area contributed by atoms with Gasteiger partial charge in [-0.2, -0.15) is 0 Å². The molecule has 3 rings (SSSR count). The molecule has 0 bridgehead atoms. The van der Waals surface area contributed by atoms with E-state index >= 15 is 0 Å². The molecule has 1 aliphatic rings. The number of aryl methyl sites for hydroxylation is 1. The number of rotatable bonds is 5. The molecule has 0 aliphatic carbocycles. The zero-order valence-electron chi connectivity index (χ0n) is 15.7. The maximum Gasteiger partial charge on any atom is 0.251 e. The summed E-state index contributed by atoms with van der Waals surface area (Å²) >= 11 is 0. The van der Waals surface area contributed by atoms with Crippen molar-refractivity contribution in [2.24, 2.45) is 0 Å². The standard InChI is InChI=1S/C21H23N3O3/c1-14-8-7-11-17(15(14)2)22-19(25)13-23(3)18-12-20(26)24(21(18)27)16-9-5-4-6-10-16/h4-11,18H,12-13H2,1-3H3,(H,22,25)/t18-/m1/s1. The fourth-order valence-electron chi connectivity index (χ4n) is 3.22. The predicted molar refractivity (Wildman–Crippen MR) is 105 cm³/mol. The second-order valence-electron chi connectivity index (χ2n) is 6.83. The second-order valence-corrected chi connectivity index (χ2v) is 6.83. The molecular formula is C21H23N3O3. The molecule has 0 unspecified atom stereocenters. The Morgan fingerprint density at radius 2 is 1.81 bits per heavy atom. The minimum Gasteiger partial charge on any atom is -0.325 e. The van der Waals surface area contributed by atoms with Crippen molar-refractivity contribution in [1.82, 2.24) is 4.90 Å². The van der Waals surface area contributed by atoms with Crippen LogP contribution in [0.1, 0.15) is 17.5 Å². The number of carbonyl (C=O) groups is 3. The van der Waals surface area contributed by atoms with Crippen molar-refractivity contribution < 1.29 is 14.4 Å². The largest absolute Gasteiger partial charge is 0.325 e. The smallest absolute Gasteiger partial charge is 0.251 e. The Hall–Kier alpha value is -2.99. The van der Waals surface area contributed by atoms with Crippen LogP contribution in [0, 0.1) is 13.8 Å². The summed E-state index contributed by atoms with van der Waals surface area (Å²) in [6.45, 7) is 3.96. The third kappa shape index (κ3) is 3.90. The number of hydrogen-bond acceptors (Lipinski definition) is 4. The first-order chi connectivity index (χ1) is 12.9. The number of para-hydroxylation sites is 1. The van der Waals surface area contributed by atoms with Gasteiger partial charge < -0.3 is 5.32 Å². The van der Waals surface area contributed by atoms with Crippen LogP contribution >= 0.6 is 0 Å². The first-order valence-electron chi connectivity index (χ1n) is 8.86. The van der Waals surface area contributed by atoms with E-state index in [1.165, 1.54) is 4.90 Å². The van der Waals surface area contributed by atoms with E-state index in [2.05, 4.69) is 5.32 Å². The van der Waals surface area contributed by atoms with Gasteiger partial charge in [0.1, 0.15) is 0 Å². The van der Waals surface area contributed by atoms with Crippen LogP contribution in [-0.4, -0.2) is 42.3 Å². The molecule has 2 aromatic carbocycles. The molecule has 140 valence electrons. The lowest BCUT2D eigenvalue weighted by atomic mass is 10.1. The SMILES string of the molecule is Cc1cccc(NC(=O)CN(C)[C@@H]2CC(=O)N(c3ccccc3)C2=O)c1C. The molecule has 0 saturated carbocycles. The van der Waals surface area contributed by atoms with E-state index in [1.807, 2.05) is 38.1 Å². The van der Waals surface area contributed by atoms with E-state index in [0.717, 1.165) is 16.8 Å². The number of amides is 3. The Labute approximate surface area is 158 Å². The third-order valence-corrected chi connectivity index (χ3v) is 4.94. The summed E-state index contributed by atoms with van der Waals surface area (Å²) in [5, 5.41) is 2.88. The van der Waals surface area contributed by atoms with Gasteiger partial charge in [0.2, 0.25) is 11.8 Å². The summed E-state index contributed by atoms with van der Waals surface area (Å²) in [5.41, 5.74) is 3.42. The van der Waals surface area contributed by atoms with Gasteiger partial charge >= 0.3 is 0 Å². The lowest BCUT2D eigenvalue weighted by molar-refractivity contribution is -0.123.